The molecule has 2 N–H and O–H groups in total. The number of halogens is 1. The molecule has 0 unspecified atom stereocenters. The Hall–Kier alpha value is -0.760. The van der Waals surface area contributed by atoms with Gasteiger partial charge in [0.25, 0.3) is 0 Å². The number of allylic oxidation sites excluding steroid dienone is 1. The van der Waals surface area contributed by atoms with E-state index in [4.69, 9.17) is 5.73 Å². The van der Waals surface area contributed by atoms with E-state index in [1.54, 1.807) is 0 Å². The standard InChI is InChI=1S/C11H14BrN/c1-2-10-8-9(4-3-7-12)5-6-11(10)13/h3-6,8H,2,7,13H2,1H3. The zero-order valence-corrected chi connectivity index (χ0v) is 9.34. The van der Waals surface area contributed by atoms with Crippen LogP contribution < -0.4 is 5.73 Å². The van der Waals surface area contributed by atoms with Crippen molar-refractivity contribution in [2.75, 3.05) is 11.1 Å². The van der Waals surface area contributed by atoms with E-state index in [1.807, 2.05) is 12.1 Å². The minimum Gasteiger partial charge on any atom is -0.399 e. The lowest BCUT2D eigenvalue weighted by molar-refractivity contribution is 1.14. The molecule has 0 atom stereocenters. The lowest BCUT2D eigenvalue weighted by Gasteiger charge is -2.03. The van der Waals surface area contributed by atoms with E-state index in [1.165, 1.54) is 11.1 Å². The smallest absolute Gasteiger partial charge is 0.0346 e. The van der Waals surface area contributed by atoms with Crippen LogP contribution in [0.5, 0.6) is 0 Å². The highest BCUT2D eigenvalue weighted by Crippen LogP contribution is 2.15. The van der Waals surface area contributed by atoms with Gasteiger partial charge in [0.05, 0.1) is 0 Å². The SMILES string of the molecule is CCc1cc(C=CCBr)ccc1N. The summed E-state index contributed by atoms with van der Waals surface area (Å²) in [4.78, 5) is 0. The van der Waals surface area contributed by atoms with Crippen LogP contribution in [-0.4, -0.2) is 5.33 Å². The number of hydrogen-bond acceptors (Lipinski definition) is 1. The van der Waals surface area contributed by atoms with Crippen LogP contribution in [0.2, 0.25) is 0 Å². The summed E-state index contributed by atoms with van der Waals surface area (Å²) in [7, 11) is 0. The van der Waals surface area contributed by atoms with Crippen LogP contribution in [0.25, 0.3) is 6.08 Å². The van der Waals surface area contributed by atoms with Crippen molar-refractivity contribution < 1.29 is 0 Å². The maximum atomic E-state index is 5.80. The Kier molecular flexibility index (Phi) is 4.03. The first-order valence-electron chi connectivity index (χ1n) is 4.38. The predicted octanol–water partition coefficient (Wildman–Crippen LogP) is 3.24. The Bertz CT molecular complexity index is 305. The summed E-state index contributed by atoms with van der Waals surface area (Å²) in [5.74, 6) is 0. The van der Waals surface area contributed by atoms with Crippen LogP contribution in [0.3, 0.4) is 0 Å². The van der Waals surface area contributed by atoms with Crippen LogP contribution >= 0.6 is 15.9 Å². The van der Waals surface area contributed by atoms with Crippen LogP contribution in [0.4, 0.5) is 5.69 Å². The van der Waals surface area contributed by atoms with Gasteiger partial charge in [0.1, 0.15) is 0 Å². The van der Waals surface area contributed by atoms with Crippen molar-refractivity contribution in [1.29, 1.82) is 0 Å². The molecule has 0 spiro atoms. The Morgan fingerprint density at radius 1 is 1.46 bits per heavy atom. The quantitative estimate of drug-likeness (QED) is 0.637. The first kappa shape index (κ1) is 10.3. The molecule has 0 bridgehead atoms. The van der Waals surface area contributed by atoms with E-state index in [-0.39, 0.29) is 0 Å². The van der Waals surface area contributed by atoms with Crippen molar-refractivity contribution in [3.8, 4) is 0 Å². The van der Waals surface area contributed by atoms with Gasteiger partial charge < -0.3 is 5.73 Å². The van der Waals surface area contributed by atoms with E-state index in [0.717, 1.165) is 17.4 Å². The molecule has 1 aromatic rings. The average molecular weight is 240 g/mol. The fourth-order valence-corrected chi connectivity index (χ4v) is 1.40. The van der Waals surface area contributed by atoms with Gasteiger partial charge in [0.2, 0.25) is 0 Å². The van der Waals surface area contributed by atoms with Gasteiger partial charge in [-0.15, -0.1) is 0 Å². The fraction of sp³-hybridized carbons (Fsp3) is 0.273. The molecule has 70 valence electrons. The van der Waals surface area contributed by atoms with E-state index in [2.05, 4.69) is 41.1 Å². The third kappa shape index (κ3) is 2.88. The highest BCUT2D eigenvalue weighted by atomic mass is 79.9. The molecule has 0 radical (unpaired) electrons. The van der Waals surface area contributed by atoms with Gasteiger partial charge in [-0.05, 0) is 29.7 Å². The molecular weight excluding hydrogens is 226 g/mol. The second-order valence-electron chi connectivity index (χ2n) is 2.87. The predicted molar refractivity (Wildman–Crippen MR) is 63.1 cm³/mol. The van der Waals surface area contributed by atoms with Gasteiger partial charge in [-0.2, -0.15) is 0 Å². The average Bonchev–Trinajstić information content (AvgIpc) is 2.16. The number of nitrogen functional groups attached to an aromatic ring is 1. The molecular formula is C11H14BrN. The zero-order valence-electron chi connectivity index (χ0n) is 7.76. The minimum atomic E-state index is 0.887. The summed E-state index contributed by atoms with van der Waals surface area (Å²) in [6, 6.07) is 6.13. The molecule has 0 amide bonds. The molecule has 0 saturated carbocycles. The summed E-state index contributed by atoms with van der Waals surface area (Å²) in [5.41, 5.74) is 9.12. The minimum absolute atomic E-state index is 0.887. The summed E-state index contributed by atoms with van der Waals surface area (Å²) >= 11 is 3.35. The Labute approximate surface area is 87.8 Å². The largest absolute Gasteiger partial charge is 0.399 e. The molecule has 1 aromatic carbocycles. The molecule has 0 aliphatic heterocycles. The fourth-order valence-electron chi connectivity index (χ4n) is 1.22. The van der Waals surface area contributed by atoms with Crippen LogP contribution in [-0.2, 0) is 6.42 Å². The number of alkyl halides is 1. The monoisotopic (exact) mass is 239 g/mol. The topological polar surface area (TPSA) is 26.0 Å². The Morgan fingerprint density at radius 2 is 2.23 bits per heavy atom. The van der Waals surface area contributed by atoms with Crippen molar-refractivity contribution in [3.05, 3.63) is 35.4 Å². The van der Waals surface area contributed by atoms with E-state index >= 15 is 0 Å². The maximum absolute atomic E-state index is 5.80. The second kappa shape index (κ2) is 5.07. The van der Waals surface area contributed by atoms with Crippen molar-refractivity contribution in [2.24, 2.45) is 0 Å². The van der Waals surface area contributed by atoms with Crippen molar-refractivity contribution in [1.82, 2.24) is 0 Å². The van der Waals surface area contributed by atoms with Crippen molar-refractivity contribution in [3.63, 3.8) is 0 Å². The first-order valence-corrected chi connectivity index (χ1v) is 5.51. The van der Waals surface area contributed by atoms with Crippen molar-refractivity contribution in [2.45, 2.75) is 13.3 Å². The normalized spacial score (nSPS) is 10.9. The Morgan fingerprint density at radius 3 is 2.85 bits per heavy atom. The molecule has 13 heavy (non-hydrogen) atoms. The molecule has 1 rings (SSSR count). The zero-order chi connectivity index (χ0) is 9.68. The van der Waals surface area contributed by atoms with Gasteiger partial charge in [0.15, 0.2) is 0 Å². The highest BCUT2D eigenvalue weighted by molar-refractivity contribution is 9.09. The number of aryl methyl sites for hydroxylation is 1. The van der Waals surface area contributed by atoms with E-state index in [9.17, 15) is 0 Å². The molecule has 0 aromatic heterocycles. The van der Waals surface area contributed by atoms with Gasteiger partial charge in [-0.25, -0.2) is 0 Å². The van der Waals surface area contributed by atoms with Gasteiger partial charge in [-0.3, -0.25) is 0 Å². The number of rotatable bonds is 3. The van der Waals surface area contributed by atoms with Crippen molar-refractivity contribution >= 4 is 27.7 Å². The van der Waals surface area contributed by atoms with Gasteiger partial charge in [-0.1, -0.05) is 41.1 Å². The number of hydrogen-bond donors (Lipinski definition) is 1. The Balaban J connectivity index is 2.92. The van der Waals surface area contributed by atoms with E-state index < -0.39 is 0 Å². The van der Waals surface area contributed by atoms with Crippen LogP contribution in [0.15, 0.2) is 24.3 Å². The summed E-state index contributed by atoms with van der Waals surface area (Å²) in [6.07, 6.45) is 5.15. The molecule has 0 aliphatic rings. The summed E-state index contributed by atoms with van der Waals surface area (Å²) < 4.78 is 0. The molecule has 2 heteroatoms. The first-order chi connectivity index (χ1) is 6.27. The maximum Gasteiger partial charge on any atom is 0.0346 e. The molecule has 0 aliphatic carbocycles. The van der Waals surface area contributed by atoms with Crippen LogP contribution in [0, 0.1) is 0 Å². The third-order valence-electron chi connectivity index (χ3n) is 1.95. The lowest BCUT2D eigenvalue weighted by Crippen LogP contribution is -1.92. The molecule has 1 nitrogen and oxygen atoms in total. The van der Waals surface area contributed by atoms with Gasteiger partial charge in [0, 0.05) is 11.0 Å². The van der Waals surface area contributed by atoms with Crippen LogP contribution in [0.1, 0.15) is 18.1 Å². The van der Waals surface area contributed by atoms with Gasteiger partial charge >= 0.3 is 0 Å². The highest BCUT2D eigenvalue weighted by Gasteiger charge is 1.96. The lowest BCUT2D eigenvalue weighted by atomic mass is 10.1. The number of nitrogens with two attached hydrogens (primary N) is 1. The van der Waals surface area contributed by atoms with E-state index in [0.29, 0.717) is 0 Å². The second-order valence-corrected chi connectivity index (χ2v) is 3.52. The summed E-state index contributed by atoms with van der Waals surface area (Å²) in [6.45, 7) is 2.11. The molecule has 0 saturated heterocycles. The number of anilines is 1. The molecule has 0 fully saturated rings. The molecule has 0 heterocycles. The summed E-state index contributed by atoms with van der Waals surface area (Å²) in [5, 5.41) is 0.888. The number of benzene rings is 1. The third-order valence-corrected chi connectivity index (χ3v) is 2.32.